The fourth-order valence-electron chi connectivity index (χ4n) is 4.90. The highest BCUT2D eigenvalue weighted by molar-refractivity contribution is 5.69. The molecule has 0 bridgehead atoms. The van der Waals surface area contributed by atoms with Gasteiger partial charge in [0, 0.05) is 50.2 Å². The van der Waals surface area contributed by atoms with Crippen LogP contribution in [0.25, 0.3) is 4.85 Å². The first kappa shape index (κ1) is 22.4. The molecule has 4 rings (SSSR count). The first-order chi connectivity index (χ1) is 15.5. The zero-order valence-corrected chi connectivity index (χ0v) is 19.2. The lowest BCUT2D eigenvalue weighted by Gasteiger charge is -2.44. The first-order valence-electron chi connectivity index (χ1n) is 11.6. The van der Waals surface area contributed by atoms with Gasteiger partial charge >= 0.3 is 0 Å². The number of rotatable bonds is 5. The number of nitrogens with zero attached hydrogens (tertiary/aromatic N) is 6. The van der Waals surface area contributed by atoms with Crippen molar-refractivity contribution >= 4 is 11.4 Å². The summed E-state index contributed by atoms with van der Waals surface area (Å²) in [6, 6.07) is 4.58. The van der Waals surface area contributed by atoms with Gasteiger partial charge < -0.3 is 9.64 Å². The molecule has 2 aliphatic heterocycles. The van der Waals surface area contributed by atoms with E-state index in [9.17, 15) is 4.79 Å². The Labute approximate surface area is 189 Å². The Morgan fingerprint density at radius 2 is 2.19 bits per heavy atom. The SMILES string of the molecule is [C-]#[N+]c1c(N2CCN(C(C)c3cccnc3CC)C[C@H]2C)cnn(C2CCCCO2)c1=O. The molecule has 0 radical (unpaired) electrons. The molecule has 170 valence electrons. The van der Waals surface area contributed by atoms with Gasteiger partial charge in [-0.25, -0.2) is 9.53 Å². The summed E-state index contributed by atoms with van der Waals surface area (Å²) in [4.78, 5) is 25.8. The van der Waals surface area contributed by atoms with Crippen molar-refractivity contribution in [3.05, 3.63) is 57.6 Å². The molecule has 0 spiro atoms. The van der Waals surface area contributed by atoms with Crippen molar-refractivity contribution in [3.63, 3.8) is 0 Å². The van der Waals surface area contributed by atoms with Crippen LogP contribution in [0.4, 0.5) is 11.4 Å². The Bertz CT molecular complexity index is 1040. The van der Waals surface area contributed by atoms with Crippen LogP contribution in [0.5, 0.6) is 0 Å². The summed E-state index contributed by atoms with van der Waals surface area (Å²) >= 11 is 0. The number of aromatic nitrogens is 3. The minimum atomic E-state index is -0.367. The van der Waals surface area contributed by atoms with E-state index >= 15 is 0 Å². The number of pyridine rings is 1. The summed E-state index contributed by atoms with van der Waals surface area (Å²) in [7, 11) is 0. The Hall–Kier alpha value is -2.76. The number of piperazine rings is 1. The zero-order chi connectivity index (χ0) is 22.7. The minimum absolute atomic E-state index is 0.142. The molecule has 0 aliphatic carbocycles. The maximum Gasteiger partial charge on any atom is 0.277 e. The summed E-state index contributed by atoms with van der Waals surface area (Å²) in [5.41, 5.74) is 2.84. The molecule has 0 aromatic carbocycles. The number of hydrogen-bond acceptors (Lipinski definition) is 6. The van der Waals surface area contributed by atoms with Gasteiger partial charge in [0.15, 0.2) is 6.23 Å². The highest BCUT2D eigenvalue weighted by Gasteiger charge is 2.31. The van der Waals surface area contributed by atoms with Crippen LogP contribution < -0.4 is 10.5 Å². The quantitative estimate of drug-likeness (QED) is 0.666. The lowest BCUT2D eigenvalue weighted by molar-refractivity contribution is -0.0422. The van der Waals surface area contributed by atoms with Gasteiger partial charge in [-0.05, 0) is 51.2 Å². The third kappa shape index (κ3) is 4.27. The zero-order valence-electron chi connectivity index (χ0n) is 19.2. The van der Waals surface area contributed by atoms with Gasteiger partial charge in [0.1, 0.15) is 0 Å². The van der Waals surface area contributed by atoms with Gasteiger partial charge in [-0.2, -0.15) is 5.10 Å². The van der Waals surface area contributed by atoms with E-state index in [1.165, 1.54) is 10.2 Å². The van der Waals surface area contributed by atoms with Crippen LogP contribution in [-0.2, 0) is 11.2 Å². The van der Waals surface area contributed by atoms with Crippen molar-refractivity contribution in [1.29, 1.82) is 0 Å². The lowest BCUT2D eigenvalue weighted by Crippen LogP contribution is -2.53. The molecule has 2 aliphatic rings. The average molecular weight is 437 g/mol. The second-order valence-corrected chi connectivity index (χ2v) is 8.67. The van der Waals surface area contributed by atoms with E-state index in [2.05, 4.69) is 51.6 Å². The van der Waals surface area contributed by atoms with Crippen LogP contribution in [0.3, 0.4) is 0 Å². The van der Waals surface area contributed by atoms with Crippen molar-refractivity contribution in [1.82, 2.24) is 19.7 Å². The molecular formula is C24H32N6O2. The molecule has 8 nitrogen and oxygen atoms in total. The monoisotopic (exact) mass is 436 g/mol. The van der Waals surface area contributed by atoms with Crippen molar-refractivity contribution in [2.45, 2.75) is 64.8 Å². The first-order valence-corrected chi connectivity index (χ1v) is 11.6. The Morgan fingerprint density at radius 3 is 2.88 bits per heavy atom. The molecule has 8 heteroatoms. The van der Waals surface area contributed by atoms with E-state index in [1.807, 2.05) is 12.3 Å². The maximum atomic E-state index is 13.1. The summed E-state index contributed by atoms with van der Waals surface area (Å²) in [5, 5.41) is 4.42. The molecule has 0 N–H and O–H groups in total. The van der Waals surface area contributed by atoms with Crippen LogP contribution in [0.1, 0.15) is 63.6 Å². The molecule has 2 unspecified atom stereocenters. The van der Waals surface area contributed by atoms with E-state index in [4.69, 9.17) is 11.3 Å². The normalized spacial score (nSPS) is 23.0. The fourth-order valence-corrected chi connectivity index (χ4v) is 4.90. The van der Waals surface area contributed by atoms with Crippen molar-refractivity contribution in [2.24, 2.45) is 0 Å². The predicted molar refractivity (Wildman–Crippen MR) is 124 cm³/mol. The third-order valence-electron chi connectivity index (χ3n) is 6.72. The molecule has 4 heterocycles. The average Bonchev–Trinajstić information content (AvgIpc) is 2.84. The van der Waals surface area contributed by atoms with Gasteiger partial charge in [-0.15, -0.1) is 0 Å². The minimum Gasteiger partial charge on any atom is -0.374 e. The second-order valence-electron chi connectivity index (χ2n) is 8.67. The number of hydrogen-bond donors (Lipinski definition) is 0. The fraction of sp³-hybridized carbons (Fsp3) is 0.583. The number of aryl methyl sites for hydroxylation is 1. The van der Waals surface area contributed by atoms with E-state index in [0.29, 0.717) is 12.3 Å². The van der Waals surface area contributed by atoms with E-state index in [1.54, 1.807) is 6.20 Å². The molecule has 3 atom stereocenters. The van der Waals surface area contributed by atoms with Crippen LogP contribution in [0, 0.1) is 6.57 Å². The smallest absolute Gasteiger partial charge is 0.277 e. The van der Waals surface area contributed by atoms with Gasteiger partial charge in [0.05, 0.1) is 18.5 Å². The third-order valence-corrected chi connectivity index (χ3v) is 6.72. The van der Waals surface area contributed by atoms with Crippen LogP contribution in [-0.4, -0.2) is 51.9 Å². The largest absolute Gasteiger partial charge is 0.374 e. The highest BCUT2D eigenvalue weighted by atomic mass is 16.5. The summed E-state index contributed by atoms with van der Waals surface area (Å²) < 4.78 is 7.08. The van der Waals surface area contributed by atoms with Gasteiger partial charge in [-0.1, -0.05) is 13.0 Å². The molecule has 32 heavy (non-hydrogen) atoms. The summed E-state index contributed by atoms with van der Waals surface area (Å²) in [6.07, 6.45) is 6.84. The van der Waals surface area contributed by atoms with Gasteiger partial charge in [0.25, 0.3) is 11.2 Å². The van der Waals surface area contributed by atoms with E-state index in [-0.39, 0.29) is 29.6 Å². The molecule has 2 fully saturated rings. The van der Waals surface area contributed by atoms with E-state index in [0.717, 1.165) is 51.0 Å². The lowest BCUT2D eigenvalue weighted by atomic mass is 10.0. The van der Waals surface area contributed by atoms with Crippen molar-refractivity contribution in [3.8, 4) is 0 Å². The molecule has 2 aromatic rings. The molecular weight excluding hydrogens is 404 g/mol. The Morgan fingerprint density at radius 1 is 1.34 bits per heavy atom. The van der Waals surface area contributed by atoms with E-state index < -0.39 is 0 Å². The Kier molecular flexibility index (Phi) is 6.87. The van der Waals surface area contributed by atoms with Crippen LogP contribution in [0.15, 0.2) is 29.3 Å². The standard InChI is InChI=1S/C24H32N6O2/c1-5-20-19(9-8-11-26-20)18(3)28-12-13-29(17(2)16-28)21-15-27-30(24(31)23(21)25-4)22-10-6-7-14-32-22/h8-9,11,15,17-18,22H,5-7,10,12-14,16H2,1-3H3/t17-,18?,22?/m1/s1. The topological polar surface area (TPSA) is 67.8 Å². The molecule has 0 saturated carbocycles. The number of ether oxygens (including phenoxy) is 1. The maximum absolute atomic E-state index is 13.1. The van der Waals surface area contributed by atoms with Gasteiger partial charge in [0.2, 0.25) is 0 Å². The summed E-state index contributed by atoms with van der Waals surface area (Å²) in [5.74, 6) is 0. The van der Waals surface area contributed by atoms with Crippen molar-refractivity contribution in [2.75, 3.05) is 31.1 Å². The molecule has 2 aromatic heterocycles. The highest BCUT2D eigenvalue weighted by Crippen LogP contribution is 2.32. The summed E-state index contributed by atoms with van der Waals surface area (Å²) in [6.45, 7) is 17.2. The van der Waals surface area contributed by atoms with Crippen LogP contribution in [0.2, 0.25) is 0 Å². The predicted octanol–water partition coefficient (Wildman–Crippen LogP) is 3.72. The van der Waals surface area contributed by atoms with Crippen LogP contribution >= 0.6 is 0 Å². The second kappa shape index (κ2) is 9.80. The van der Waals surface area contributed by atoms with Gasteiger partial charge in [-0.3, -0.25) is 14.7 Å². The van der Waals surface area contributed by atoms with Crippen molar-refractivity contribution < 1.29 is 4.74 Å². The molecule has 2 saturated heterocycles. The molecule has 0 amide bonds. The number of anilines is 1. The Balaban J connectivity index is 1.54.